The van der Waals surface area contributed by atoms with Crippen LogP contribution in [0, 0.1) is 5.82 Å². The highest BCUT2D eigenvalue weighted by atomic mass is 19.1. The summed E-state index contributed by atoms with van der Waals surface area (Å²) in [6.45, 7) is 2.68. The molecule has 5 rings (SSSR count). The Hall–Kier alpha value is -3.39. The highest BCUT2D eigenvalue weighted by Gasteiger charge is 2.50. The molecule has 0 aliphatic carbocycles. The van der Waals surface area contributed by atoms with Gasteiger partial charge in [-0.25, -0.2) is 9.37 Å². The monoisotopic (exact) mass is 447 g/mol. The van der Waals surface area contributed by atoms with Crippen LogP contribution in [-0.2, 0) is 4.79 Å². The lowest BCUT2D eigenvalue weighted by molar-refractivity contribution is -0.125. The van der Waals surface area contributed by atoms with E-state index in [1.165, 1.54) is 12.1 Å². The van der Waals surface area contributed by atoms with E-state index >= 15 is 0 Å². The summed E-state index contributed by atoms with van der Waals surface area (Å²) in [7, 11) is 0. The van der Waals surface area contributed by atoms with Crippen LogP contribution < -0.4 is 10.2 Å². The van der Waals surface area contributed by atoms with Crippen LogP contribution in [0.5, 0.6) is 0 Å². The van der Waals surface area contributed by atoms with Crippen molar-refractivity contribution in [3.63, 3.8) is 0 Å². The van der Waals surface area contributed by atoms with E-state index < -0.39 is 5.54 Å². The van der Waals surface area contributed by atoms with E-state index in [2.05, 4.69) is 20.2 Å². The zero-order valence-corrected chi connectivity index (χ0v) is 18.3. The predicted molar refractivity (Wildman–Crippen MR) is 123 cm³/mol. The molecule has 0 radical (unpaired) electrons. The van der Waals surface area contributed by atoms with Crippen LogP contribution in [0.15, 0.2) is 54.7 Å². The van der Waals surface area contributed by atoms with Gasteiger partial charge in [-0.05, 0) is 56.1 Å². The second-order valence-electron chi connectivity index (χ2n) is 8.72. The second kappa shape index (κ2) is 8.86. The molecule has 2 saturated heterocycles. The number of nitrogens with one attached hydrogen (secondary N) is 1. The van der Waals surface area contributed by atoms with Gasteiger partial charge in [0.2, 0.25) is 5.91 Å². The van der Waals surface area contributed by atoms with Crippen LogP contribution in [0.4, 0.5) is 10.1 Å². The zero-order chi connectivity index (χ0) is 22.8. The minimum absolute atomic E-state index is 0.00539. The van der Waals surface area contributed by atoms with Crippen LogP contribution in [0.1, 0.15) is 36.2 Å². The van der Waals surface area contributed by atoms with E-state index in [1.54, 1.807) is 12.3 Å². The van der Waals surface area contributed by atoms with Gasteiger partial charge in [-0.3, -0.25) is 14.6 Å². The van der Waals surface area contributed by atoms with Gasteiger partial charge in [0.25, 0.3) is 0 Å². The number of anilines is 1. The lowest BCUT2D eigenvalue weighted by atomic mass is 9.85. The quantitative estimate of drug-likeness (QED) is 0.585. The summed E-state index contributed by atoms with van der Waals surface area (Å²) in [6, 6.07) is 13.9. The van der Waals surface area contributed by atoms with Crippen molar-refractivity contribution >= 4 is 28.4 Å². The highest BCUT2D eigenvalue weighted by Crippen LogP contribution is 2.36. The molecule has 2 aliphatic heterocycles. The summed E-state index contributed by atoms with van der Waals surface area (Å²) >= 11 is 0. The first kappa shape index (κ1) is 21.5. The largest absolute Gasteiger partial charge is 0.339 e. The number of para-hydroxylation sites is 2. The van der Waals surface area contributed by atoms with Crippen molar-refractivity contribution in [2.24, 2.45) is 0 Å². The lowest BCUT2D eigenvalue weighted by Gasteiger charge is -2.43. The summed E-state index contributed by atoms with van der Waals surface area (Å²) < 4.78 is 13.8. The van der Waals surface area contributed by atoms with Gasteiger partial charge in [0.05, 0.1) is 23.9 Å². The summed E-state index contributed by atoms with van der Waals surface area (Å²) in [6.07, 6.45) is 4.01. The molecule has 3 heterocycles. The Morgan fingerprint density at radius 3 is 2.67 bits per heavy atom. The van der Waals surface area contributed by atoms with E-state index in [0.29, 0.717) is 31.6 Å². The maximum atomic E-state index is 13.8. The van der Waals surface area contributed by atoms with E-state index in [1.807, 2.05) is 35.2 Å². The number of carbonyl (C=O) groups is 2. The smallest absolute Gasteiger partial charge is 0.247 e. The summed E-state index contributed by atoms with van der Waals surface area (Å²) in [5.74, 6) is -0.300. The molecule has 1 N–H and O–H groups in total. The first-order valence-corrected chi connectivity index (χ1v) is 11.3. The minimum Gasteiger partial charge on any atom is -0.339 e. The van der Waals surface area contributed by atoms with Crippen molar-refractivity contribution in [1.29, 1.82) is 0 Å². The van der Waals surface area contributed by atoms with Crippen LogP contribution in [0.2, 0.25) is 0 Å². The number of hydrogen-bond acceptors (Lipinski definition) is 6. The summed E-state index contributed by atoms with van der Waals surface area (Å²) in [4.78, 5) is 38.4. The fourth-order valence-corrected chi connectivity index (χ4v) is 4.90. The van der Waals surface area contributed by atoms with Crippen molar-refractivity contribution in [3.8, 4) is 0 Å². The molecule has 0 atom stereocenters. The van der Waals surface area contributed by atoms with E-state index in [0.717, 1.165) is 42.8 Å². The first-order chi connectivity index (χ1) is 16.0. The number of nitrogens with zero attached hydrogens (tertiary/aromatic N) is 4. The Morgan fingerprint density at radius 1 is 1.09 bits per heavy atom. The number of likely N-dealkylation sites (tertiary alicyclic amines) is 1. The van der Waals surface area contributed by atoms with Gasteiger partial charge in [-0.1, -0.05) is 18.2 Å². The molecule has 33 heavy (non-hydrogen) atoms. The molecule has 1 aromatic heterocycles. The Morgan fingerprint density at radius 2 is 1.88 bits per heavy atom. The van der Waals surface area contributed by atoms with Gasteiger partial charge in [-0.2, -0.15) is 0 Å². The highest BCUT2D eigenvalue weighted by molar-refractivity contribution is 5.95. The SMILES string of the molecule is O=C(CCCN1CCC2(CC1)C(=O)NCN2c1cccc(F)c1)c1cnc2ccccc2n1. The maximum absolute atomic E-state index is 13.8. The molecule has 1 spiro atoms. The number of rotatable bonds is 6. The average Bonchev–Trinajstić information content (AvgIpc) is 3.15. The Kier molecular flexibility index (Phi) is 5.76. The van der Waals surface area contributed by atoms with Gasteiger partial charge < -0.3 is 15.1 Å². The minimum atomic E-state index is -0.638. The van der Waals surface area contributed by atoms with Gasteiger partial charge >= 0.3 is 0 Å². The molecule has 0 bridgehead atoms. The fourth-order valence-electron chi connectivity index (χ4n) is 4.90. The molecular formula is C25H26FN5O2. The molecule has 7 nitrogen and oxygen atoms in total. The molecule has 8 heteroatoms. The number of ketones is 1. The third-order valence-corrected chi connectivity index (χ3v) is 6.75. The molecular weight excluding hydrogens is 421 g/mol. The Labute approximate surface area is 191 Å². The molecule has 3 aromatic rings. The normalized spacial score (nSPS) is 18.1. The molecule has 2 aliphatic rings. The first-order valence-electron chi connectivity index (χ1n) is 11.3. The van der Waals surface area contributed by atoms with E-state index in [9.17, 15) is 14.0 Å². The van der Waals surface area contributed by atoms with Crippen LogP contribution in [0.3, 0.4) is 0 Å². The number of benzene rings is 2. The van der Waals surface area contributed by atoms with Gasteiger partial charge in [0.1, 0.15) is 17.1 Å². The predicted octanol–water partition coefficient (Wildman–Crippen LogP) is 3.16. The van der Waals surface area contributed by atoms with Crippen molar-refractivity contribution in [2.45, 2.75) is 31.2 Å². The number of aromatic nitrogens is 2. The van der Waals surface area contributed by atoms with Gasteiger partial charge in [-0.15, -0.1) is 0 Å². The molecule has 2 fully saturated rings. The molecule has 2 aromatic carbocycles. The second-order valence-corrected chi connectivity index (χ2v) is 8.72. The van der Waals surface area contributed by atoms with Crippen LogP contribution in [0.25, 0.3) is 11.0 Å². The van der Waals surface area contributed by atoms with E-state index in [-0.39, 0.29) is 17.5 Å². The number of carbonyl (C=O) groups excluding carboxylic acids is 2. The summed E-state index contributed by atoms with van der Waals surface area (Å²) in [5.41, 5.74) is 1.99. The van der Waals surface area contributed by atoms with Crippen molar-refractivity contribution < 1.29 is 14.0 Å². The van der Waals surface area contributed by atoms with Gasteiger partial charge in [0.15, 0.2) is 5.78 Å². The summed E-state index contributed by atoms with van der Waals surface area (Å²) in [5, 5.41) is 2.94. The number of hydrogen-bond donors (Lipinski definition) is 1. The average molecular weight is 448 g/mol. The molecule has 1 amide bonds. The number of amides is 1. The van der Waals surface area contributed by atoms with Crippen molar-refractivity contribution in [3.05, 3.63) is 66.2 Å². The zero-order valence-electron chi connectivity index (χ0n) is 18.3. The van der Waals surface area contributed by atoms with Crippen LogP contribution in [-0.4, -0.2) is 58.4 Å². The van der Waals surface area contributed by atoms with Gasteiger partial charge in [0, 0.05) is 25.2 Å². The molecule has 0 unspecified atom stereocenters. The Balaban J connectivity index is 1.16. The maximum Gasteiger partial charge on any atom is 0.247 e. The fraction of sp³-hybridized carbons (Fsp3) is 0.360. The van der Waals surface area contributed by atoms with E-state index in [4.69, 9.17) is 0 Å². The van der Waals surface area contributed by atoms with Crippen molar-refractivity contribution in [1.82, 2.24) is 20.2 Å². The number of piperidine rings is 1. The van der Waals surface area contributed by atoms with Crippen molar-refractivity contribution in [2.75, 3.05) is 31.2 Å². The standard InChI is InChI=1S/C25H26FN5O2/c26-18-5-3-6-19(15-18)31-17-28-24(33)25(31)10-13-30(14-11-25)12-4-9-23(32)22-16-27-20-7-1-2-8-21(20)29-22/h1-3,5-8,15-16H,4,9-14,17H2,(H,28,33). The van der Waals surface area contributed by atoms with Crippen LogP contribution >= 0.6 is 0 Å². The third-order valence-electron chi connectivity index (χ3n) is 6.75. The lowest BCUT2D eigenvalue weighted by Crippen LogP contribution is -2.56. The molecule has 170 valence electrons. The third kappa shape index (κ3) is 4.18. The molecule has 0 saturated carbocycles. The number of Topliss-reactive ketones (excluding diaryl/α,β-unsaturated/α-hetero) is 1. The number of fused-ring (bicyclic) bond motifs is 1. The number of halogens is 1. The Bertz CT molecular complexity index is 1190. The topological polar surface area (TPSA) is 78.4 Å².